The minimum atomic E-state index is 0.165. The molecular formula is C20H22N6O2. The predicted octanol–water partition coefficient (Wildman–Crippen LogP) is 2.88. The lowest BCUT2D eigenvalue weighted by atomic mass is 10.1. The van der Waals surface area contributed by atoms with Gasteiger partial charge in [0.15, 0.2) is 0 Å². The number of hydrogen-bond acceptors (Lipinski definition) is 8. The quantitative estimate of drug-likeness (QED) is 0.427. The highest BCUT2D eigenvalue weighted by molar-refractivity contribution is 5.67. The Morgan fingerprint density at radius 2 is 1.96 bits per heavy atom. The number of aromatic nitrogens is 2. The first-order chi connectivity index (χ1) is 13.7. The van der Waals surface area contributed by atoms with Gasteiger partial charge in [0, 0.05) is 43.3 Å². The number of nitrogens with zero attached hydrogens (tertiary/aromatic N) is 3. The number of aliphatic hydroxyl groups excluding tert-OH is 1. The number of nitrogens with one attached hydrogen (secondary N) is 3. The Morgan fingerprint density at radius 1 is 1.07 bits per heavy atom. The molecule has 0 unspecified atom stereocenters. The van der Waals surface area contributed by atoms with Crippen molar-refractivity contribution in [3.05, 3.63) is 60.3 Å². The average Bonchev–Trinajstić information content (AvgIpc) is 3.09. The molecule has 2 heterocycles. The van der Waals surface area contributed by atoms with Gasteiger partial charge in [0.25, 0.3) is 0 Å². The number of fused-ring (bicyclic) bond motifs is 1. The van der Waals surface area contributed by atoms with E-state index in [1.54, 1.807) is 30.5 Å². The zero-order chi connectivity index (χ0) is 19.3. The van der Waals surface area contributed by atoms with E-state index >= 15 is 0 Å². The zero-order valence-electron chi connectivity index (χ0n) is 15.3. The minimum Gasteiger partial charge on any atom is -0.508 e. The number of rotatable bonds is 7. The molecule has 5 N–H and O–H groups in total. The van der Waals surface area contributed by atoms with Crippen LogP contribution < -0.4 is 21.1 Å². The van der Waals surface area contributed by atoms with Crippen molar-refractivity contribution in [2.75, 3.05) is 28.8 Å². The Kier molecular flexibility index (Phi) is 5.22. The Balaban J connectivity index is 1.49. The van der Waals surface area contributed by atoms with Crippen LogP contribution in [0.15, 0.2) is 54.7 Å². The number of hydrogen-bond donors (Lipinski definition) is 5. The first-order valence-electron chi connectivity index (χ1n) is 9.12. The molecule has 144 valence electrons. The van der Waals surface area contributed by atoms with Gasteiger partial charge in [0.05, 0.1) is 5.69 Å². The number of aromatic hydroxyl groups is 1. The third-order valence-corrected chi connectivity index (χ3v) is 4.41. The predicted molar refractivity (Wildman–Crippen MR) is 109 cm³/mol. The lowest BCUT2D eigenvalue weighted by molar-refractivity contribution is 0.288. The van der Waals surface area contributed by atoms with Crippen LogP contribution in [0.2, 0.25) is 0 Å². The Morgan fingerprint density at radius 3 is 2.82 bits per heavy atom. The molecule has 8 nitrogen and oxygen atoms in total. The molecule has 0 bridgehead atoms. The van der Waals surface area contributed by atoms with Crippen LogP contribution in [-0.2, 0) is 6.54 Å². The van der Waals surface area contributed by atoms with Crippen molar-refractivity contribution >= 4 is 28.8 Å². The third-order valence-electron chi connectivity index (χ3n) is 4.41. The summed E-state index contributed by atoms with van der Waals surface area (Å²) in [6, 6.07) is 14.7. The maximum Gasteiger partial charge on any atom is 0.229 e. The van der Waals surface area contributed by atoms with E-state index in [2.05, 4.69) is 37.1 Å². The smallest absolute Gasteiger partial charge is 0.229 e. The molecule has 1 aliphatic rings. The maximum absolute atomic E-state index is 9.58. The average molecular weight is 378 g/mol. The highest BCUT2D eigenvalue weighted by atomic mass is 16.3. The highest BCUT2D eigenvalue weighted by Crippen LogP contribution is 2.29. The van der Waals surface area contributed by atoms with Gasteiger partial charge in [-0.1, -0.05) is 12.1 Å². The molecule has 1 aliphatic heterocycles. The summed E-state index contributed by atoms with van der Waals surface area (Å²) in [7, 11) is 0. The molecule has 0 radical (unpaired) electrons. The molecule has 1 aromatic heterocycles. The van der Waals surface area contributed by atoms with Crippen LogP contribution >= 0.6 is 0 Å². The van der Waals surface area contributed by atoms with Gasteiger partial charge >= 0.3 is 0 Å². The van der Waals surface area contributed by atoms with Gasteiger partial charge in [-0.15, -0.1) is 0 Å². The number of benzene rings is 2. The normalized spacial score (nSPS) is 12.7. The monoisotopic (exact) mass is 378 g/mol. The van der Waals surface area contributed by atoms with Crippen LogP contribution in [-0.4, -0.2) is 33.3 Å². The summed E-state index contributed by atoms with van der Waals surface area (Å²) in [6.07, 6.45) is 2.37. The van der Waals surface area contributed by atoms with Crippen molar-refractivity contribution in [3.8, 4) is 5.75 Å². The lowest BCUT2D eigenvalue weighted by Crippen LogP contribution is -2.33. The fourth-order valence-corrected chi connectivity index (χ4v) is 3.09. The Hall–Kier alpha value is -3.36. The summed E-state index contributed by atoms with van der Waals surface area (Å²) in [5, 5.41) is 27.1. The summed E-state index contributed by atoms with van der Waals surface area (Å²) < 4.78 is 0. The van der Waals surface area contributed by atoms with Gasteiger partial charge in [0.2, 0.25) is 5.95 Å². The van der Waals surface area contributed by atoms with Crippen molar-refractivity contribution in [3.63, 3.8) is 0 Å². The summed E-state index contributed by atoms with van der Waals surface area (Å²) in [4.78, 5) is 8.76. The van der Waals surface area contributed by atoms with Gasteiger partial charge in [-0.3, -0.25) is 0 Å². The molecule has 0 atom stereocenters. The standard InChI is InChI=1S/C20H22N6O2/c27-10-2-9-26-18-12-16(6-5-14(18)13-22-26)24-20-21-8-7-19(25-20)23-15-3-1-4-17(28)11-15/h1,3-8,11-12,22,27-28H,2,9-10,13H2,(H2,21,23,24,25). The van der Waals surface area contributed by atoms with Crippen LogP contribution in [0.4, 0.5) is 28.8 Å². The number of aliphatic hydroxyl groups is 1. The summed E-state index contributed by atoms with van der Waals surface area (Å²) >= 11 is 0. The van der Waals surface area contributed by atoms with Crippen molar-refractivity contribution in [1.29, 1.82) is 0 Å². The van der Waals surface area contributed by atoms with Crippen molar-refractivity contribution in [1.82, 2.24) is 15.4 Å². The van der Waals surface area contributed by atoms with Crippen molar-refractivity contribution in [2.45, 2.75) is 13.0 Å². The van der Waals surface area contributed by atoms with E-state index in [0.29, 0.717) is 18.2 Å². The van der Waals surface area contributed by atoms with Gasteiger partial charge in [-0.05, 0) is 42.3 Å². The van der Waals surface area contributed by atoms with Crippen LogP contribution in [0.1, 0.15) is 12.0 Å². The number of anilines is 5. The third kappa shape index (κ3) is 4.13. The van der Waals surface area contributed by atoms with E-state index in [0.717, 1.165) is 30.2 Å². The highest BCUT2D eigenvalue weighted by Gasteiger charge is 2.18. The molecule has 0 fully saturated rings. The largest absolute Gasteiger partial charge is 0.508 e. The second-order valence-corrected chi connectivity index (χ2v) is 6.47. The van der Waals surface area contributed by atoms with E-state index in [-0.39, 0.29) is 12.4 Å². The SMILES string of the molecule is OCCCN1NCc2ccc(Nc3nccc(Nc4cccc(O)c4)n3)cc21. The molecule has 0 saturated carbocycles. The topological polar surface area (TPSA) is 106 Å². The molecule has 0 saturated heterocycles. The van der Waals surface area contributed by atoms with Crippen LogP contribution in [0.25, 0.3) is 0 Å². The Labute approximate surface area is 162 Å². The second-order valence-electron chi connectivity index (χ2n) is 6.47. The number of phenolic OH excluding ortho intramolecular Hbond substituents is 1. The minimum absolute atomic E-state index is 0.165. The van der Waals surface area contributed by atoms with Gasteiger partial charge in [0.1, 0.15) is 11.6 Å². The molecule has 0 spiro atoms. The van der Waals surface area contributed by atoms with Gasteiger partial charge in [-0.25, -0.2) is 10.4 Å². The molecule has 4 rings (SSSR count). The van der Waals surface area contributed by atoms with Crippen LogP contribution in [0.3, 0.4) is 0 Å². The van der Waals surface area contributed by atoms with Crippen LogP contribution in [0, 0.1) is 0 Å². The molecule has 2 aromatic carbocycles. The first-order valence-corrected chi connectivity index (χ1v) is 9.12. The molecular weight excluding hydrogens is 356 g/mol. The Bertz CT molecular complexity index is 965. The van der Waals surface area contributed by atoms with E-state index in [4.69, 9.17) is 5.11 Å². The van der Waals surface area contributed by atoms with E-state index in [9.17, 15) is 5.11 Å². The van der Waals surface area contributed by atoms with E-state index < -0.39 is 0 Å². The molecule has 8 heteroatoms. The molecule has 28 heavy (non-hydrogen) atoms. The van der Waals surface area contributed by atoms with Crippen LogP contribution in [0.5, 0.6) is 5.75 Å². The van der Waals surface area contributed by atoms with E-state index in [1.165, 1.54) is 5.56 Å². The van der Waals surface area contributed by atoms with Crippen molar-refractivity contribution in [2.24, 2.45) is 0 Å². The van der Waals surface area contributed by atoms with Gasteiger partial charge in [-0.2, -0.15) is 4.98 Å². The number of hydrazine groups is 1. The zero-order valence-corrected chi connectivity index (χ0v) is 15.3. The lowest BCUT2D eigenvalue weighted by Gasteiger charge is -2.19. The summed E-state index contributed by atoms with van der Waals surface area (Å²) in [5.41, 5.74) is 7.25. The summed E-state index contributed by atoms with van der Waals surface area (Å²) in [5.74, 6) is 1.28. The molecule has 0 amide bonds. The number of phenols is 1. The van der Waals surface area contributed by atoms with Crippen molar-refractivity contribution < 1.29 is 10.2 Å². The van der Waals surface area contributed by atoms with E-state index in [1.807, 2.05) is 18.2 Å². The van der Waals surface area contributed by atoms with Gasteiger partial charge < -0.3 is 25.9 Å². The molecule has 3 aromatic rings. The second kappa shape index (κ2) is 8.12. The fourth-order valence-electron chi connectivity index (χ4n) is 3.09. The fraction of sp³-hybridized carbons (Fsp3) is 0.200. The maximum atomic E-state index is 9.58. The molecule has 0 aliphatic carbocycles. The summed E-state index contributed by atoms with van der Waals surface area (Å²) in [6.45, 7) is 1.69. The first kappa shape index (κ1) is 18.0.